The molecule has 0 bridgehead atoms. The first-order valence-electron chi connectivity index (χ1n) is 4.32. The molecule has 0 aliphatic carbocycles. The highest BCUT2D eigenvalue weighted by Crippen LogP contribution is 2.11. The quantitative estimate of drug-likeness (QED) is 0.783. The second kappa shape index (κ2) is 3.91. The number of aromatic amines is 1. The Labute approximate surface area is 84.8 Å². The highest BCUT2D eigenvalue weighted by atomic mass is 19.1. The molecular formula is C10H8FN3O. The number of nitrogens with zero attached hydrogens (tertiary/aromatic N) is 1. The molecule has 0 fully saturated rings. The first-order valence-corrected chi connectivity index (χ1v) is 4.32. The Bertz CT molecular complexity index is 507. The molecule has 1 aromatic heterocycles. The molecule has 4 nitrogen and oxygen atoms in total. The van der Waals surface area contributed by atoms with Crippen LogP contribution in [-0.4, -0.2) is 9.97 Å². The molecular weight excluding hydrogens is 197 g/mol. The molecule has 0 aliphatic heterocycles. The van der Waals surface area contributed by atoms with Gasteiger partial charge in [-0.25, -0.2) is 9.37 Å². The van der Waals surface area contributed by atoms with Gasteiger partial charge in [-0.1, -0.05) is 0 Å². The van der Waals surface area contributed by atoms with E-state index < -0.39 is 0 Å². The maximum Gasteiger partial charge on any atom is 0.252 e. The van der Waals surface area contributed by atoms with Crippen LogP contribution in [0.15, 0.2) is 41.3 Å². The van der Waals surface area contributed by atoms with Crippen LogP contribution in [-0.2, 0) is 0 Å². The molecule has 1 aromatic carbocycles. The van der Waals surface area contributed by atoms with E-state index in [9.17, 15) is 9.18 Å². The summed E-state index contributed by atoms with van der Waals surface area (Å²) in [4.78, 5) is 17.3. The minimum atomic E-state index is -0.310. The molecule has 2 rings (SSSR count). The zero-order valence-electron chi connectivity index (χ0n) is 7.70. The summed E-state index contributed by atoms with van der Waals surface area (Å²) in [5.74, 6) is 0.0178. The molecule has 0 aliphatic rings. The van der Waals surface area contributed by atoms with Crippen molar-refractivity contribution < 1.29 is 4.39 Å². The number of anilines is 2. The Kier molecular flexibility index (Phi) is 2.45. The van der Waals surface area contributed by atoms with Gasteiger partial charge in [0, 0.05) is 18.0 Å². The number of aromatic nitrogens is 2. The second-order valence-corrected chi connectivity index (χ2v) is 2.91. The lowest BCUT2D eigenvalue weighted by Gasteiger charge is -2.03. The molecule has 2 N–H and O–H groups in total. The van der Waals surface area contributed by atoms with Crippen molar-refractivity contribution in [3.8, 4) is 0 Å². The van der Waals surface area contributed by atoms with Crippen LogP contribution in [0.4, 0.5) is 16.0 Å². The Morgan fingerprint density at radius 3 is 2.60 bits per heavy atom. The van der Waals surface area contributed by atoms with Crippen molar-refractivity contribution in [2.75, 3.05) is 5.32 Å². The summed E-state index contributed by atoms with van der Waals surface area (Å²) in [5, 5.41) is 2.84. The van der Waals surface area contributed by atoms with Crippen LogP contribution in [0.1, 0.15) is 0 Å². The Morgan fingerprint density at radius 2 is 1.93 bits per heavy atom. The van der Waals surface area contributed by atoms with E-state index in [0.717, 1.165) is 0 Å². The van der Waals surface area contributed by atoms with Crippen molar-refractivity contribution >= 4 is 11.6 Å². The summed E-state index contributed by atoms with van der Waals surface area (Å²) in [6.45, 7) is 0. The number of hydrogen-bond acceptors (Lipinski definition) is 3. The maximum absolute atomic E-state index is 12.6. The van der Waals surface area contributed by atoms with Crippen LogP contribution in [0.25, 0.3) is 0 Å². The van der Waals surface area contributed by atoms with Crippen molar-refractivity contribution in [2.24, 2.45) is 0 Å². The first-order chi connectivity index (χ1) is 7.24. The van der Waals surface area contributed by atoms with E-state index in [-0.39, 0.29) is 11.4 Å². The zero-order chi connectivity index (χ0) is 10.7. The van der Waals surface area contributed by atoms with E-state index in [1.807, 2.05) is 0 Å². The summed E-state index contributed by atoms with van der Waals surface area (Å²) < 4.78 is 12.6. The van der Waals surface area contributed by atoms with Crippen LogP contribution in [0.3, 0.4) is 0 Å². The van der Waals surface area contributed by atoms with Crippen LogP contribution >= 0.6 is 0 Å². The number of benzene rings is 1. The molecule has 0 amide bonds. The largest absolute Gasteiger partial charge is 0.326 e. The van der Waals surface area contributed by atoms with E-state index in [4.69, 9.17) is 0 Å². The number of hydrogen-bond donors (Lipinski definition) is 2. The summed E-state index contributed by atoms with van der Waals surface area (Å²) in [6.07, 6.45) is 1.39. The van der Waals surface area contributed by atoms with Gasteiger partial charge in [0.2, 0.25) is 5.95 Å². The second-order valence-electron chi connectivity index (χ2n) is 2.91. The average molecular weight is 205 g/mol. The van der Waals surface area contributed by atoms with E-state index >= 15 is 0 Å². The highest BCUT2D eigenvalue weighted by molar-refractivity contribution is 5.52. The molecule has 2 aromatic rings. The fourth-order valence-electron chi connectivity index (χ4n) is 1.10. The third-order valence-electron chi connectivity index (χ3n) is 1.78. The Hall–Kier alpha value is -2.17. The number of rotatable bonds is 2. The predicted molar refractivity (Wildman–Crippen MR) is 54.5 cm³/mol. The zero-order valence-corrected chi connectivity index (χ0v) is 7.70. The molecule has 0 unspecified atom stereocenters. The third-order valence-corrected chi connectivity index (χ3v) is 1.78. The molecule has 0 atom stereocenters. The van der Waals surface area contributed by atoms with Crippen molar-refractivity contribution in [2.45, 2.75) is 0 Å². The van der Waals surface area contributed by atoms with Crippen molar-refractivity contribution in [1.82, 2.24) is 9.97 Å². The van der Waals surface area contributed by atoms with Gasteiger partial charge in [0.1, 0.15) is 5.82 Å². The van der Waals surface area contributed by atoms with E-state index in [0.29, 0.717) is 11.6 Å². The van der Waals surface area contributed by atoms with Gasteiger partial charge in [-0.3, -0.25) is 9.78 Å². The van der Waals surface area contributed by atoms with E-state index in [2.05, 4.69) is 15.3 Å². The van der Waals surface area contributed by atoms with Crippen LogP contribution in [0, 0.1) is 5.82 Å². The lowest BCUT2D eigenvalue weighted by molar-refractivity contribution is 0.628. The Morgan fingerprint density at radius 1 is 1.20 bits per heavy atom. The smallest absolute Gasteiger partial charge is 0.252 e. The lowest BCUT2D eigenvalue weighted by atomic mass is 10.3. The molecule has 0 saturated carbocycles. The first kappa shape index (κ1) is 9.39. The normalized spacial score (nSPS) is 9.93. The average Bonchev–Trinajstić information content (AvgIpc) is 2.22. The van der Waals surface area contributed by atoms with E-state index in [1.165, 1.54) is 24.4 Å². The van der Waals surface area contributed by atoms with Crippen molar-refractivity contribution in [3.63, 3.8) is 0 Å². The van der Waals surface area contributed by atoms with Crippen molar-refractivity contribution in [1.29, 1.82) is 0 Å². The van der Waals surface area contributed by atoms with Gasteiger partial charge in [-0.05, 0) is 24.3 Å². The fraction of sp³-hybridized carbons (Fsp3) is 0. The fourth-order valence-corrected chi connectivity index (χ4v) is 1.10. The predicted octanol–water partition coefficient (Wildman–Crippen LogP) is 1.65. The van der Waals surface area contributed by atoms with Gasteiger partial charge in [-0.15, -0.1) is 0 Å². The van der Waals surface area contributed by atoms with Gasteiger partial charge in [0.05, 0.1) is 0 Å². The maximum atomic E-state index is 12.6. The minimum absolute atomic E-state index is 0.241. The lowest BCUT2D eigenvalue weighted by Crippen LogP contribution is -2.08. The van der Waals surface area contributed by atoms with Crippen LogP contribution < -0.4 is 10.9 Å². The SMILES string of the molecule is O=c1ccnc(Nc2ccc(F)cc2)[nH]1. The summed E-state index contributed by atoms with van der Waals surface area (Å²) in [5.41, 5.74) is 0.417. The van der Waals surface area contributed by atoms with Gasteiger partial charge in [0.25, 0.3) is 5.56 Å². The van der Waals surface area contributed by atoms with Crippen LogP contribution in [0.5, 0.6) is 0 Å². The summed E-state index contributed by atoms with van der Waals surface area (Å²) in [6, 6.07) is 7.08. The standard InChI is InChI=1S/C10H8FN3O/c11-7-1-3-8(4-2-7)13-10-12-6-5-9(15)14-10/h1-6H,(H2,12,13,14,15). The molecule has 0 saturated heterocycles. The van der Waals surface area contributed by atoms with Gasteiger partial charge in [-0.2, -0.15) is 0 Å². The monoisotopic (exact) mass is 205 g/mol. The summed E-state index contributed by atoms with van der Waals surface area (Å²) in [7, 11) is 0. The van der Waals surface area contributed by atoms with Gasteiger partial charge in [0.15, 0.2) is 0 Å². The molecule has 15 heavy (non-hydrogen) atoms. The van der Waals surface area contributed by atoms with Crippen molar-refractivity contribution in [3.05, 3.63) is 52.7 Å². The topological polar surface area (TPSA) is 57.8 Å². The number of halogens is 1. The van der Waals surface area contributed by atoms with Gasteiger partial charge < -0.3 is 5.32 Å². The number of nitrogens with one attached hydrogen (secondary N) is 2. The van der Waals surface area contributed by atoms with E-state index in [1.54, 1.807) is 12.1 Å². The molecule has 0 spiro atoms. The van der Waals surface area contributed by atoms with Gasteiger partial charge >= 0.3 is 0 Å². The molecule has 1 heterocycles. The molecule has 0 radical (unpaired) electrons. The highest BCUT2D eigenvalue weighted by Gasteiger charge is 1.96. The summed E-state index contributed by atoms with van der Waals surface area (Å²) >= 11 is 0. The minimum Gasteiger partial charge on any atom is -0.326 e. The third kappa shape index (κ3) is 2.40. The Balaban J connectivity index is 2.22. The molecule has 5 heteroatoms. The van der Waals surface area contributed by atoms with Crippen LogP contribution in [0.2, 0.25) is 0 Å². The molecule has 76 valence electrons. The number of H-pyrrole nitrogens is 1.